The van der Waals surface area contributed by atoms with Crippen LogP contribution in [0.25, 0.3) is 0 Å². The second kappa shape index (κ2) is 4.10. The molecule has 0 saturated carbocycles. The molecule has 1 atom stereocenters. The number of nitrogens with zero attached hydrogens (tertiary/aromatic N) is 1. The summed E-state index contributed by atoms with van der Waals surface area (Å²) in [6.45, 7) is 9.09. The molecule has 1 unspecified atom stereocenters. The molecular weight excluding hydrogens is 192 g/mol. The maximum absolute atomic E-state index is 11.4. The average molecular weight is 212 g/mol. The molecule has 4 heteroatoms. The molecule has 2 fully saturated rings. The van der Waals surface area contributed by atoms with Crippen LogP contribution in [0.3, 0.4) is 0 Å². The maximum Gasteiger partial charge on any atom is 0.306 e. The van der Waals surface area contributed by atoms with Crippen LogP contribution in [0.1, 0.15) is 20.3 Å². The zero-order valence-corrected chi connectivity index (χ0v) is 9.58. The van der Waals surface area contributed by atoms with Crippen molar-refractivity contribution in [1.29, 1.82) is 0 Å². The van der Waals surface area contributed by atoms with Crippen molar-refractivity contribution in [2.75, 3.05) is 32.7 Å². The molecule has 15 heavy (non-hydrogen) atoms. The van der Waals surface area contributed by atoms with Crippen molar-refractivity contribution in [3.8, 4) is 0 Å². The summed E-state index contributed by atoms with van der Waals surface area (Å²) < 4.78 is 5.43. The highest BCUT2D eigenvalue weighted by atomic mass is 16.6. The van der Waals surface area contributed by atoms with Crippen LogP contribution in [0.2, 0.25) is 0 Å². The summed E-state index contributed by atoms with van der Waals surface area (Å²) in [5.74, 6) is -0.0198. The van der Waals surface area contributed by atoms with E-state index in [-0.39, 0.29) is 17.5 Å². The second-order valence-electron chi connectivity index (χ2n) is 4.61. The molecule has 2 heterocycles. The molecule has 1 N–H and O–H groups in total. The summed E-state index contributed by atoms with van der Waals surface area (Å²) in [7, 11) is 0. The van der Waals surface area contributed by atoms with Crippen molar-refractivity contribution in [2.45, 2.75) is 26.4 Å². The first kappa shape index (κ1) is 10.9. The van der Waals surface area contributed by atoms with E-state index in [9.17, 15) is 4.79 Å². The van der Waals surface area contributed by atoms with Gasteiger partial charge in [0.05, 0.1) is 6.42 Å². The summed E-state index contributed by atoms with van der Waals surface area (Å²) in [5, 5.41) is 3.25. The number of nitrogens with one attached hydrogen (secondary N) is 1. The van der Waals surface area contributed by atoms with Crippen LogP contribution >= 0.6 is 0 Å². The molecule has 0 bridgehead atoms. The fourth-order valence-corrected chi connectivity index (χ4v) is 2.47. The minimum Gasteiger partial charge on any atom is -0.460 e. The number of ether oxygens (including phenoxy) is 1. The standard InChI is InChI=1S/C11H20N2O2/c1-3-13(4-2)6-9-11(7-12-8-11)5-10(14)15-9/h9,12H,3-8H2,1-2H3. The number of hydrogen-bond donors (Lipinski definition) is 1. The molecule has 0 aromatic carbocycles. The van der Waals surface area contributed by atoms with Crippen molar-refractivity contribution in [3.63, 3.8) is 0 Å². The lowest BCUT2D eigenvalue weighted by atomic mass is 9.75. The van der Waals surface area contributed by atoms with Crippen LogP contribution in [-0.2, 0) is 9.53 Å². The quantitative estimate of drug-likeness (QED) is 0.678. The van der Waals surface area contributed by atoms with Crippen LogP contribution < -0.4 is 5.32 Å². The number of carbonyl (C=O) groups is 1. The summed E-state index contributed by atoms with van der Waals surface area (Å²) >= 11 is 0. The van der Waals surface area contributed by atoms with E-state index >= 15 is 0 Å². The molecule has 4 nitrogen and oxygen atoms in total. The number of likely N-dealkylation sites (N-methyl/N-ethyl adjacent to an activating group) is 1. The topological polar surface area (TPSA) is 41.6 Å². The van der Waals surface area contributed by atoms with Crippen LogP contribution in [-0.4, -0.2) is 49.7 Å². The van der Waals surface area contributed by atoms with Crippen molar-refractivity contribution < 1.29 is 9.53 Å². The first-order valence-corrected chi connectivity index (χ1v) is 5.83. The van der Waals surface area contributed by atoms with Crippen LogP contribution in [0.5, 0.6) is 0 Å². The highest BCUT2D eigenvalue weighted by molar-refractivity contribution is 5.73. The van der Waals surface area contributed by atoms with Crippen LogP contribution in [0.15, 0.2) is 0 Å². The molecule has 86 valence electrons. The highest BCUT2D eigenvalue weighted by Gasteiger charge is 2.53. The Morgan fingerprint density at radius 2 is 2.13 bits per heavy atom. The number of cyclic esters (lactones) is 1. The van der Waals surface area contributed by atoms with Gasteiger partial charge in [-0.15, -0.1) is 0 Å². The molecule has 2 aliphatic heterocycles. The van der Waals surface area contributed by atoms with Gasteiger partial charge in [-0.1, -0.05) is 13.8 Å². The molecule has 0 aromatic heterocycles. The normalized spacial score (nSPS) is 28.2. The van der Waals surface area contributed by atoms with E-state index in [1.807, 2.05) is 0 Å². The van der Waals surface area contributed by atoms with Crippen molar-refractivity contribution in [2.24, 2.45) is 5.41 Å². The Kier molecular flexibility index (Phi) is 2.98. The van der Waals surface area contributed by atoms with Crippen molar-refractivity contribution >= 4 is 5.97 Å². The fraction of sp³-hybridized carbons (Fsp3) is 0.909. The lowest BCUT2D eigenvalue weighted by Gasteiger charge is -2.42. The molecule has 1 spiro atoms. The van der Waals surface area contributed by atoms with Gasteiger partial charge in [-0.2, -0.15) is 0 Å². The number of carbonyl (C=O) groups excluding carboxylic acids is 1. The Morgan fingerprint density at radius 3 is 2.60 bits per heavy atom. The van der Waals surface area contributed by atoms with Gasteiger partial charge in [-0.05, 0) is 13.1 Å². The Labute approximate surface area is 91.0 Å². The summed E-state index contributed by atoms with van der Waals surface area (Å²) in [5.41, 5.74) is 0.111. The zero-order valence-electron chi connectivity index (χ0n) is 9.58. The van der Waals surface area contributed by atoms with E-state index in [1.165, 1.54) is 0 Å². The Balaban J connectivity index is 1.98. The summed E-state index contributed by atoms with van der Waals surface area (Å²) in [6, 6.07) is 0. The SMILES string of the molecule is CCN(CC)CC1OC(=O)CC12CNC2. The lowest BCUT2D eigenvalue weighted by Crippen LogP contribution is -2.59. The van der Waals surface area contributed by atoms with E-state index in [4.69, 9.17) is 4.74 Å². The van der Waals surface area contributed by atoms with Gasteiger partial charge in [0, 0.05) is 25.0 Å². The van der Waals surface area contributed by atoms with Crippen molar-refractivity contribution in [1.82, 2.24) is 10.2 Å². The minimum atomic E-state index is -0.0198. The highest BCUT2D eigenvalue weighted by Crippen LogP contribution is 2.39. The first-order chi connectivity index (χ1) is 7.20. The molecule has 2 aliphatic rings. The van der Waals surface area contributed by atoms with Gasteiger partial charge in [0.15, 0.2) is 0 Å². The average Bonchev–Trinajstić information content (AvgIpc) is 2.51. The van der Waals surface area contributed by atoms with Gasteiger partial charge >= 0.3 is 5.97 Å². The Bertz CT molecular complexity index is 247. The van der Waals surface area contributed by atoms with E-state index < -0.39 is 0 Å². The lowest BCUT2D eigenvalue weighted by molar-refractivity contribution is -0.142. The maximum atomic E-state index is 11.4. The van der Waals surface area contributed by atoms with E-state index in [0.29, 0.717) is 6.42 Å². The fourth-order valence-electron chi connectivity index (χ4n) is 2.47. The number of hydrogen-bond acceptors (Lipinski definition) is 4. The molecule has 0 amide bonds. The predicted octanol–water partition coefficient (Wildman–Crippen LogP) is 0.233. The first-order valence-electron chi connectivity index (χ1n) is 5.83. The monoisotopic (exact) mass is 212 g/mol. The van der Waals surface area contributed by atoms with E-state index in [1.54, 1.807) is 0 Å². The molecule has 2 rings (SSSR count). The van der Waals surface area contributed by atoms with Crippen LogP contribution in [0.4, 0.5) is 0 Å². The Hall–Kier alpha value is -0.610. The molecule has 0 aromatic rings. The van der Waals surface area contributed by atoms with Gasteiger partial charge < -0.3 is 15.0 Å². The number of rotatable bonds is 4. The zero-order chi connectivity index (χ0) is 10.9. The third kappa shape index (κ3) is 1.88. The van der Waals surface area contributed by atoms with Gasteiger partial charge in [0.1, 0.15) is 6.10 Å². The molecular formula is C11H20N2O2. The largest absolute Gasteiger partial charge is 0.460 e. The molecule has 2 saturated heterocycles. The molecule has 0 aliphatic carbocycles. The number of esters is 1. The smallest absolute Gasteiger partial charge is 0.306 e. The summed E-state index contributed by atoms with van der Waals surface area (Å²) in [4.78, 5) is 13.7. The van der Waals surface area contributed by atoms with Gasteiger partial charge in [0.25, 0.3) is 0 Å². The molecule has 0 radical (unpaired) electrons. The minimum absolute atomic E-state index is 0.0198. The van der Waals surface area contributed by atoms with Crippen LogP contribution in [0, 0.1) is 5.41 Å². The third-order valence-corrected chi connectivity index (χ3v) is 3.73. The second-order valence-corrected chi connectivity index (χ2v) is 4.61. The summed E-state index contributed by atoms with van der Waals surface area (Å²) in [6.07, 6.45) is 0.706. The van der Waals surface area contributed by atoms with Gasteiger partial charge in [-0.25, -0.2) is 0 Å². The van der Waals surface area contributed by atoms with E-state index in [0.717, 1.165) is 32.7 Å². The Morgan fingerprint density at radius 1 is 1.47 bits per heavy atom. The van der Waals surface area contributed by atoms with Crippen molar-refractivity contribution in [3.05, 3.63) is 0 Å². The van der Waals surface area contributed by atoms with Gasteiger partial charge in [-0.3, -0.25) is 4.79 Å². The van der Waals surface area contributed by atoms with Gasteiger partial charge in [0.2, 0.25) is 0 Å². The van der Waals surface area contributed by atoms with E-state index in [2.05, 4.69) is 24.1 Å². The predicted molar refractivity (Wildman–Crippen MR) is 57.6 cm³/mol. The third-order valence-electron chi connectivity index (χ3n) is 3.73.